The number of imidazole rings is 1. The van der Waals surface area contributed by atoms with Gasteiger partial charge in [-0.25, -0.2) is 9.78 Å². The molecule has 0 saturated heterocycles. The van der Waals surface area contributed by atoms with Crippen molar-refractivity contribution in [2.24, 2.45) is 0 Å². The molecule has 5 rings (SSSR count). The summed E-state index contributed by atoms with van der Waals surface area (Å²) in [5.74, 6) is 0. The molecule has 0 saturated carbocycles. The zero-order chi connectivity index (χ0) is 19.6. The Morgan fingerprint density at radius 1 is 0.897 bits per heavy atom. The van der Waals surface area contributed by atoms with Crippen molar-refractivity contribution in [3.05, 3.63) is 107 Å². The van der Waals surface area contributed by atoms with Crippen LogP contribution in [0.2, 0.25) is 0 Å². The number of pyridine rings is 1. The minimum absolute atomic E-state index is 0.360. The second kappa shape index (κ2) is 7.45. The third-order valence-electron chi connectivity index (χ3n) is 4.56. The minimum Gasteiger partial charge on any atom is -0.423 e. The molecule has 0 atom stereocenters. The molecule has 3 aromatic heterocycles. The van der Waals surface area contributed by atoms with Gasteiger partial charge in [-0.3, -0.25) is 4.40 Å². The second-order valence-corrected chi connectivity index (χ2v) is 7.53. The first kappa shape index (κ1) is 17.5. The van der Waals surface area contributed by atoms with Gasteiger partial charge in [0.2, 0.25) is 0 Å². The molecule has 29 heavy (non-hydrogen) atoms. The summed E-state index contributed by atoms with van der Waals surface area (Å²) in [5.41, 5.74) is 3.03. The van der Waals surface area contributed by atoms with Crippen LogP contribution in [0.4, 0.5) is 0 Å². The molecule has 5 aromatic rings. The van der Waals surface area contributed by atoms with Crippen molar-refractivity contribution in [2.45, 2.75) is 9.92 Å². The molecule has 0 spiro atoms. The van der Waals surface area contributed by atoms with Crippen molar-refractivity contribution in [3.8, 4) is 0 Å². The van der Waals surface area contributed by atoms with Gasteiger partial charge in [-0.1, -0.05) is 72.4 Å². The first-order chi connectivity index (χ1) is 14.3. The molecule has 0 aliphatic rings. The van der Waals surface area contributed by atoms with Crippen LogP contribution in [0.5, 0.6) is 0 Å². The van der Waals surface area contributed by atoms with Gasteiger partial charge in [0.15, 0.2) is 0 Å². The van der Waals surface area contributed by atoms with Crippen LogP contribution < -0.4 is 5.63 Å². The van der Waals surface area contributed by atoms with E-state index in [0.29, 0.717) is 5.58 Å². The van der Waals surface area contributed by atoms with Crippen molar-refractivity contribution in [2.75, 3.05) is 0 Å². The lowest BCUT2D eigenvalue weighted by Gasteiger charge is -2.06. The van der Waals surface area contributed by atoms with Crippen LogP contribution in [0.1, 0.15) is 11.3 Å². The third-order valence-corrected chi connectivity index (χ3v) is 5.72. The maximum absolute atomic E-state index is 12.1. The molecular formula is C24H16N2O2S. The van der Waals surface area contributed by atoms with Gasteiger partial charge in [0.25, 0.3) is 0 Å². The highest BCUT2D eigenvalue weighted by atomic mass is 32.2. The Labute approximate surface area is 171 Å². The van der Waals surface area contributed by atoms with Crippen LogP contribution >= 0.6 is 11.8 Å². The zero-order valence-electron chi connectivity index (χ0n) is 15.4. The highest BCUT2D eigenvalue weighted by Gasteiger charge is 2.14. The third kappa shape index (κ3) is 3.48. The molecule has 5 heteroatoms. The van der Waals surface area contributed by atoms with Crippen LogP contribution in [0, 0.1) is 0 Å². The number of aromatic nitrogens is 2. The van der Waals surface area contributed by atoms with E-state index in [1.165, 1.54) is 11.8 Å². The average Bonchev–Trinajstić information content (AvgIpc) is 3.10. The van der Waals surface area contributed by atoms with Gasteiger partial charge in [0.1, 0.15) is 16.3 Å². The van der Waals surface area contributed by atoms with Gasteiger partial charge in [-0.05, 0) is 29.8 Å². The first-order valence-corrected chi connectivity index (χ1v) is 10.0. The topological polar surface area (TPSA) is 47.5 Å². The van der Waals surface area contributed by atoms with Crippen molar-refractivity contribution in [3.63, 3.8) is 0 Å². The quantitative estimate of drug-likeness (QED) is 0.362. The summed E-state index contributed by atoms with van der Waals surface area (Å²) in [6.07, 6.45) is 6.04. The fourth-order valence-corrected chi connectivity index (χ4v) is 4.32. The molecule has 0 unspecified atom stereocenters. The van der Waals surface area contributed by atoms with E-state index in [2.05, 4.69) is 12.1 Å². The van der Waals surface area contributed by atoms with E-state index < -0.39 is 0 Å². The predicted octanol–water partition coefficient (Wildman–Crippen LogP) is 5.76. The Morgan fingerprint density at radius 3 is 2.59 bits per heavy atom. The maximum atomic E-state index is 12.1. The van der Waals surface area contributed by atoms with E-state index in [1.54, 1.807) is 6.07 Å². The summed E-state index contributed by atoms with van der Waals surface area (Å²) in [7, 11) is 0. The lowest BCUT2D eigenvalue weighted by atomic mass is 10.2. The molecule has 140 valence electrons. The van der Waals surface area contributed by atoms with Crippen LogP contribution in [-0.4, -0.2) is 9.38 Å². The fraction of sp³-hybridized carbons (Fsp3) is 0. The van der Waals surface area contributed by atoms with Crippen molar-refractivity contribution in [1.29, 1.82) is 0 Å². The summed E-state index contributed by atoms with van der Waals surface area (Å²) in [5, 5.41) is 1.85. The smallest absolute Gasteiger partial charge is 0.337 e. The van der Waals surface area contributed by atoms with E-state index in [0.717, 1.165) is 32.2 Å². The van der Waals surface area contributed by atoms with Crippen LogP contribution in [0.25, 0.3) is 28.8 Å². The second-order valence-electron chi connectivity index (χ2n) is 6.50. The van der Waals surface area contributed by atoms with Crippen LogP contribution in [0.3, 0.4) is 0 Å². The maximum Gasteiger partial charge on any atom is 0.337 e. The van der Waals surface area contributed by atoms with Gasteiger partial charge in [0, 0.05) is 22.5 Å². The molecule has 0 N–H and O–H groups in total. The molecule has 3 heterocycles. The Balaban J connectivity index is 1.65. The molecule has 0 aliphatic heterocycles. The number of hydrogen-bond acceptors (Lipinski definition) is 4. The lowest BCUT2D eigenvalue weighted by Crippen LogP contribution is -1.97. The normalized spacial score (nSPS) is 11.6. The molecule has 4 nitrogen and oxygen atoms in total. The zero-order valence-corrected chi connectivity index (χ0v) is 16.2. The van der Waals surface area contributed by atoms with E-state index in [9.17, 15) is 4.79 Å². The summed E-state index contributed by atoms with van der Waals surface area (Å²) in [4.78, 5) is 17.7. The Bertz CT molecular complexity index is 1400. The van der Waals surface area contributed by atoms with Gasteiger partial charge < -0.3 is 4.42 Å². The Kier molecular flexibility index (Phi) is 4.50. The SMILES string of the molecule is O=c1cc(Sc2c(/C=C/c3ccccc3)nc3ccccn23)c2ccccc2o1. The fourth-order valence-electron chi connectivity index (χ4n) is 3.21. The van der Waals surface area contributed by atoms with Crippen LogP contribution in [0.15, 0.2) is 104 Å². The van der Waals surface area contributed by atoms with Crippen molar-refractivity contribution in [1.82, 2.24) is 9.38 Å². The average molecular weight is 396 g/mol. The van der Waals surface area contributed by atoms with Crippen LogP contribution in [-0.2, 0) is 0 Å². The van der Waals surface area contributed by atoms with E-state index in [4.69, 9.17) is 9.40 Å². The molecule has 0 amide bonds. The number of hydrogen-bond donors (Lipinski definition) is 0. The Morgan fingerprint density at radius 2 is 1.69 bits per heavy atom. The minimum atomic E-state index is -0.360. The number of fused-ring (bicyclic) bond motifs is 2. The van der Waals surface area contributed by atoms with Gasteiger partial charge in [-0.2, -0.15) is 0 Å². The molecule has 0 radical (unpaired) electrons. The van der Waals surface area contributed by atoms with Gasteiger partial charge in [0.05, 0.1) is 5.69 Å². The monoisotopic (exact) mass is 396 g/mol. The highest BCUT2D eigenvalue weighted by molar-refractivity contribution is 7.99. The first-order valence-electron chi connectivity index (χ1n) is 9.19. The summed E-state index contributed by atoms with van der Waals surface area (Å²) < 4.78 is 7.38. The molecule has 0 fully saturated rings. The van der Waals surface area contributed by atoms with E-state index in [-0.39, 0.29) is 5.63 Å². The summed E-state index contributed by atoms with van der Waals surface area (Å²) in [6, 6.07) is 25.1. The summed E-state index contributed by atoms with van der Waals surface area (Å²) >= 11 is 1.52. The van der Waals surface area contributed by atoms with Gasteiger partial charge in [-0.15, -0.1) is 0 Å². The largest absolute Gasteiger partial charge is 0.423 e. The number of benzene rings is 2. The molecule has 0 aliphatic carbocycles. The lowest BCUT2D eigenvalue weighted by molar-refractivity contribution is 0.557. The predicted molar refractivity (Wildman–Crippen MR) is 117 cm³/mol. The molecule has 0 bridgehead atoms. The van der Waals surface area contributed by atoms with E-state index >= 15 is 0 Å². The van der Waals surface area contributed by atoms with Crippen molar-refractivity contribution >= 4 is 40.5 Å². The number of nitrogens with zero attached hydrogens (tertiary/aromatic N) is 2. The van der Waals surface area contributed by atoms with E-state index in [1.807, 2.05) is 83.4 Å². The standard InChI is InChI=1S/C24H16N2O2S/c27-23-16-21(18-10-4-5-11-20(18)28-23)29-24-19(14-13-17-8-2-1-3-9-17)25-22-12-6-7-15-26(22)24/h1-16H/b14-13+. The number of para-hydroxylation sites is 1. The number of rotatable bonds is 4. The van der Waals surface area contributed by atoms with Crippen molar-refractivity contribution < 1.29 is 4.42 Å². The summed E-state index contributed by atoms with van der Waals surface area (Å²) in [6.45, 7) is 0. The highest BCUT2D eigenvalue weighted by Crippen LogP contribution is 2.35. The molecular weight excluding hydrogens is 380 g/mol. The molecule has 2 aromatic carbocycles. The Hall–Kier alpha value is -3.57. The van der Waals surface area contributed by atoms with Gasteiger partial charge >= 0.3 is 5.63 Å².